The summed E-state index contributed by atoms with van der Waals surface area (Å²) in [6.45, 7) is 2.33. The van der Waals surface area contributed by atoms with Gasteiger partial charge in [0.2, 0.25) is 0 Å². The van der Waals surface area contributed by atoms with Crippen LogP contribution in [0.3, 0.4) is 0 Å². The third kappa shape index (κ3) is 1.92. The third-order valence-corrected chi connectivity index (χ3v) is 5.18. The molecule has 1 heterocycles. The number of hydrogen-bond acceptors (Lipinski definition) is 0. The zero-order valence-corrected chi connectivity index (χ0v) is 7.65. The van der Waals surface area contributed by atoms with Gasteiger partial charge < -0.3 is 0 Å². The molecule has 0 aliphatic carbocycles. The quantitative estimate of drug-likeness (QED) is 0.392. The maximum absolute atomic E-state index is 2.33. The SMILES string of the molecule is CCC1CCC[I-]C1. The van der Waals surface area contributed by atoms with Gasteiger partial charge in [0.25, 0.3) is 0 Å². The summed E-state index contributed by atoms with van der Waals surface area (Å²) in [6.07, 6.45) is 4.53. The van der Waals surface area contributed by atoms with E-state index in [0.29, 0.717) is 21.2 Å². The third-order valence-electron chi connectivity index (χ3n) is 1.78. The van der Waals surface area contributed by atoms with E-state index in [1.165, 1.54) is 12.8 Å². The monoisotopic (exact) mass is 225 g/mol. The standard InChI is InChI=1S/C7H14I/c1-2-7-4-3-5-8-6-7/h7H,2-6H2,1H3/q-1. The van der Waals surface area contributed by atoms with Crippen LogP contribution in [0.1, 0.15) is 26.2 Å². The molecule has 1 saturated heterocycles. The molecule has 0 nitrogen and oxygen atoms in total. The molecule has 1 heteroatoms. The van der Waals surface area contributed by atoms with Crippen LogP contribution in [0, 0.1) is 5.92 Å². The van der Waals surface area contributed by atoms with Gasteiger partial charge in [-0.25, -0.2) is 0 Å². The molecule has 1 aliphatic heterocycles. The van der Waals surface area contributed by atoms with Gasteiger partial charge in [-0.1, -0.05) is 0 Å². The molecule has 0 aromatic rings. The Morgan fingerprint density at radius 1 is 1.62 bits per heavy atom. The Balaban J connectivity index is 2.13. The van der Waals surface area contributed by atoms with E-state index in [9.17, 15) is 0 Å². The fourth-order valence-electron chi connectivity index (χ4n) is 1.08. The van der Waals surface area contributed by atoms with E-state index in [1.807, 2.05) is 0 Å². The van der Waals surface area contributed by atoms with Crippen molar-refractivity contribution in [3.8, 4) is 0 Å². The van der Waals surface area contributed by atoms with Gasteiger partial charge in [0.1, 0.15) is 0 Å². The number of hydrogen-bond donors (Lipinski definition) is 0. The van der Waals surface area contributed by atoms with Crippen molar-refractivity contribution in [1.82, 2.24) is 0 Å². The van der Waals surface area contributed by atoms with Crippen molar-refractivity contribution in [3.05, 3.63) is 0 Å². The first-order chi connectivity index (χ1) is 3.93. The van der Waals surface area contributed by atoms with E-state index >= 15 is 0 Å². The second kappa shape index (κ2) is 3.70. The number of alkyl halides is 2. The molecular weight excluding hydrogens is 211 g/mol. The first kappa shape index (κ1) is 6.84. The summed E-state index contributed by atoms with van der Waals surface area (Å²) in [5.41, 5.74) is 0. The molecule has 8 heavy (non-hydrogen) atoms. The molecule has 0 radical (unpaired) electrons. The van der Waals surface area contributed by atoms with Crippen LogP contribution in [-0.4, -0.2) is 8.86 Å². The van der Waals surface area contributed by atoms with Gasteiger partial charge in [0, 0.05) is 0 Å². The molecule has 0 aromatic heterocycles. The van der Waals surface area contributed by atoms with Crippen LogP contribution in [0.25, 0.3) is 0 Å². The molecule has 1 unspecified atom stereocenters. The topological polar surface area (TPSA) is 0 Å². The Hall–Kier alpha value is 0.730. The van der Waals surface area contributed by atoms with Crippen LogP contribution in [0.2, 0.25) is 0 Å². The summed E-state index contributed by atoms with van der Waals surface area (Å²) in [6, 6.07) is 0. The zero-order valence-electron chi connectivity index (χ0n) is 5.49. The molecule has 0 N–H and O–H groups in total. The van der Waals surface area contributed by atoms with Crippen LogP contribution < -0.4 is 21.2 Å². The first-order valence-electron chi connectivity index (χ1n) is 3.47. The van der Waals surface area contributed by atoms with E-state index < -0.39 is 0 Å². The molecule has 1 atom stereocenters. The summed E-state index contributed by atoms with van der Waals surface area (Å²) in [4.78, 5) is 0. The van der Waals surface area contributed by atoms with Gasteiger partial charge in [-0.3, -0.25) is 0 Å². The molecular formula is C7H14I-. The van der Waals surface area contributed by atoms with Gasteiger partial charge in [-0.15, -0.1) is 0 Å². The molecule has 1 rings (SSSR count). The van der Waals surface area contributed by atoms with Crippen LogP contribution >= 0.6 is 0 Å². The maximum atomic E-state index is 2.33. The Bertz CT molecular complexity index is 55.4. The van der Waals surface area contributed by atoms with Crippen LogP contribution in [0.15, 0.2) is 0 Å². The van der Waals surface area contributed by atoms with Crippen molar-refractivity contribution in [2.24, 2.45) is 5.92 Å². The Labute approximate surface area is 62.3 Å². The predicted octanol–water partition coefficient (Wildman–Crippen LogP) is -1.10. The van der Waals surface area contributed by atoms with Gasteiger partial charge >= 0.3 is 62.2 Å². The molecule has 1 aliphatic rings. The number of halogens is 1. The van der Waals surface area contributed by atoms with E-state index in [4.69, 9.17) is 0 Å². The molecule has 0 saturated carbocycles. The summed E-state index contributed by atoms with van der Waals surface area (Å²) >= 11 is 0.668. The summed E-state index contributed by atoms with van der Waals surface area (Å²) < 4.78 is 3.23. The average Bonchev–Trinajstić information content (AvgIpc) is 1.90. The van der Waals surface area contributed by atoms with E-state index in [1.54, 1.807) is 15.3 Å². The molecule has 50 valence electrons. The van der Waals surface area contributed by atoms with Crippen LogP contribution in [-0.2, 0) is 0 Å². The summed E-state index contributed by atoms with van der Waals surface area (Å²) in [5.74, 6) is 1.14. The van der Waals surface area contributed by atoms with Crippen molar-refractivity contribution in [2.75, 3.05) is 8.86 Å². The Morgan fingerprint density at radius 2 is 2.50 bits per heavy atom. The fraction of sp³-hybridized carbons (Fsp3) is 1.00. The van der Waals surface area contributed by atoms with Crippen LogP contribution in [0.4, 0.5) is 0 Å². The van der Waals surface area contributed by atoms with Crippen LogP contribution in [0.5, 0.6) is 0 Å². The van der Waals surface area contributed by atoms with E-state index in [-0.39, 0.29) is 0 Å². The first-order valence-corrected chi connectivity index (χ1v) is 6.52. The van der Waals surface area contributed by atoms with Crippen molar-refractivity contribution in [3.63, 3.8) is 0 Å². The minimum absolute atomic E-state index is 0.668. The van der Waals surface area contributed by atoms with Crippen molar-refractivity contribution >= 4 is 0 Å². The Kier molecular flexibility index (Phi) is 3.16. The van der Waals surface area contributed by atoms with E-state index in [0.717, 1.165) is 5.92 Å². The van der Waals surface area contributed by atoms with Gasteiger partial charge in [-0.05, 0) is 0 Å². The normalized spacial score (nSPS) is 31.4. The summed E-state index contributed by atoms with van der Waals surface area (Å²) in [5, 5.41) is 0. The second-order valence-electron chi connectivity index (χ2n) is 2.45. The Morgan fingerprint density at radius 3 is 2.88 bits per heavy atom. The predicted molar refractivity (Wildman–Crippen MR) is 32.7 cm³/mol. The van der Waals surface area contributed by atoms with Gasteiger partial charge in [-0.2, -0.15) is 0 Å². The van der Waals surface area contributed by atoms with Crippen molar-refractivity contribution in [1.29, 1.82) is 0 Å². The molecule has 0 bridgehead atoms. The average molecular weight is 225 g/mol. The molecule has 1 fully saturated rings. The molecule has 0 amide bonds. The number of rotatable bonds is 1. The van der Waals surface area contributed by atoms with Gasteiger partial charge in [0.15, 0.2) is 0 Å². The molecule has 0 spiro atoms. The van der Waals surface area contributed by atoms with Crippen molar-refractivity contribution in [2.45, 2.75) is 26.2 Å². The summed E-state index contributed by atoms with van der Waals surface area (Å²) in [7, 11) is 0. The van der Waals surface area contributed by atoms with Gasteiger partial charge in [0.05, 0.1) is 0 Å². The fourth-order valence-corrected chi connectivity index (χ4v) is 4.45. The molecule has 0 aromatic carbocycles. The van der Waals surface area contributed by atoms with Crippen molar-refractivity contribution < 1.29 is 21.2 Å². The zero-order chi connectivity index (χ0) is 5.82. The minimum atomic E-state index is 0.668. The second-order valence-corrected chi connectivity index (χ2v) is 5.49. The van der Waals surface area contributed by atoms with E-state index in [2.05, 4.69) is 6.92 Å².